The molecule has 1 aromatic rings. The van der Waals surface area contributed by atoms with Gasteiger partial charge >= 0.3 is 0 Å². The molecule has 0 spiro atoms. The standard InChI is InChI=1S/C13H20N2/c1-11(13-5-3-2-4-6-13)15-8-7-12(9-14)10-15/h2-6,11-12H,7-10,14H2,1H3/t11-,12+/m1/s1. The van der Waals surface area contributed by atoms with E-state index >= 15 is 0 Å². The molecule has 0 amide bonds. The van der Waals surface area contributed by atoms with Gasteiger partial charge in [-0.2, -0.15) is 0 Å². The molecule has 1 aliphatic rings. The fourth-order valence-corrected chi connectivity index (χ4v) is 2.35. The van der Waals surface area contributed by atoms with Gasteiger partial charge in [-0.25, -0.2) is 0 Å². The quantitative estimate of drug-likeness (QED) is 0.816. The fourth-order valence-electron chi connectivity index (χ4n) is 2.35. The third kappa shape index (κ3) is 2.39. The van der Waals surface area contributed by atoms with E-state index in [1.165, 1.54) is 18.5 Å². The van der Waals surface area contributed by atoms with E-state index in [0.717, 1.165) is 13.1 Å². The highest BCUT2D eigenvalue weighted by Gasteiger charge is 2.25. The zero-order valence-electron chi connectivity index (χ0n) is 9.39. The van der Waals surface area contributed by atoms with Crippen LogP contribution in [0.15, 0.2) is 30.3 Å². The Kier molecular flexibility index (Phi) is 3.39. The number of hydrogen-bond acceptors (Lipinski definition) is 2. The van der Waals surface area contributed by atoms with Crippen molar-refractivity contribution in [3.05, 3.63) is 35.9 Å². The summed E-state index contributed by atoms with van der Waals surface area (Å²) in [6.45, 7) is 5.47. The van der Waals surface area contributed by atoms with Crippen molar-refractivity contribution in [3.8, 4) is 0 Å². The smallest absolute Gasteiger partial charge is 0.0320 e. The van der Waals surface area contributed by atoms with E-state index < -0.39 is 0 Å². The third-order valence-corrected chi connectivity index (χ3v) is 3.48. The first-order valence-corrected chi connectivity index (χ1v) is 5.80. The van der Waals surface area contributed by atoms with E-state index in [-0.39, 0.29) is 0 Å². The average Bonchev–Trinajstić information content (AvgIpc) is 2.78. The van der Waals surface area contributed by atoms with E-state index in [1.807, 2.05) is 0 Å². The van der Waals surface area contributed by atoms with Crippen LogP contribution in [0.4, 0.5) is 0 Å². The Balaban J connectivity index is 2.00. The number of likely N-dealkylation sites (tertiary alicyclic amines) is 1. The summed E-state index contributed by atoms with van der Waals surface area (Å²) in [5, 5.41) is 0. The lowest BCUT2D eigenvalue weighted by Crippen LogP contribution is -2.26. The Labute approximate surface area is 92.1 Å². The molecule has 0 radical (unpaired) electrons. The number of benzene rings is 1. The Morgan fingerprint density at radius 2 is 2.13 bits per heavy atom. The first-order valence-electron chi connectivity index (χ1n) is 5.80. The monoisotopic (exact) mass is 204 g/mol. The molecule has 1 saturated heterocycles. The van der Waals surface area contributed by atoms with Gasteiger partial charge in [0.15, 0.2) is 0 Å². The first-order chi connectivity index (χ1) is 7.31. The molecule has 2 N–H and O–H groups in total. The van der Waals surface area contributed by atoms with E-state index in [4.69, 9.17) is 5.73 Å². The number of hydrogen-bond donors (Lipinski definition) is 1. The minimum Gasteiger partial charge on any atom is -0.330 e. The molecule has 1 heterocycles. The normalized spacial score (nSPS) is 24.3. The molecule has 2 atom stereocenters. The summed E-state index contributed by atoms with van der Waals surface area (Å²) in [5.74, 6) is 0.705. The maximum Gasteiger partial charge on any atom is 0.0320 e. The summed E-state index contributed by atoms with van der Waals surface area (Å²) in [6, 6.07) is 11.2. The van der Waals surface area contributed by atoms with Gasteiger partial charge in [-0.05, 0) is 37.9 Å². The Hall–Kier alpha value is -0.860. The van der Waals surface area contributed by atoms with Gasteiger partial charge in [0, 0.05) is 12.6 Å². The van der Waals surface area contributed by atoms with Crippen LogP contribution in [0.25, 0.3) is 0 Å². The molecule has 2 heteroatoms. The second-order valence-electron chi connectivity index (χ2n) is 4.47. The molecule has 1 fully saturated rings. The van der Waals surface area contributed by atoms with Crippen LogP contribution in [0.1, 0.15) is 24.9 Å². The van der Waals surface area contributed by atoms with Crippen molar-refractivity contribution in [2.75, 3.05) is 19.6 Å². The molecule has 0 aromatic heterocycles. The van der Waals surface area contributed by atoms with Crippen LogP contribution < -0.4 is 5.73 Å². The SMILES string of the molecule is C[C@H](c1ccccc1)N1CC[C@@H](CN)C1. The molecule has 0 unspecified atom stereocenters. The molecule has 2 nitrogen and oxygen atoms in total. The minimum atomic E-state index is 0.530. The summed E-state index contributed by atoms with van der Waals surface area (Å²) in [7, 11) is 0. The van der Waals surface area contributed by atoms with Gasteiger partial charge in [0.25, 0.3) is 0 Å². The van der Waals surface area contributed by atoms with Crippen LogP contribution in [0.2, 0.25) is 0 Å². The average molecular weight is 204 g/mol. The van der Waals surface area contributed by atoms with Crippen molar-refractivity contribution < 1.29 is 0 Å². The molecule has 82 valence electrons. The fraction of sp³-hybridized carbons (Fsp3) is 0.538. The van der Waals surface area contributed by atoms with Crippen molar-refractivity contribution in [1.82, 2.24) is 4.90 Å². The lowest BCUT2D eigenvalue weighted by molar-refractivity contribution is 0.253. The van der Waals surface area contributed by atoms with Gasteiger partial charge in [-0.15, -0.1) is 0 Å². The molecule has 1 aromatic carbocycles. The molecule has 15 heavy (non-hydrogen) atoms. The highest BCUT2D eigenvalue weighted by molar-refractivity contribution is 5.18. The molecule has 0 bridgehead atoms. The maximum absolute atomic E-state index is 5.71. The Bertz CT molecular complexity index is 297. The predicted molar refractivity (Wildman–Crippen MR) is 63.6 cm³/mol. The van der Waals surface area contributed by atoms with Crippen LogP contribution in [-0.4, -0.2) is 24.5 Å². The second kappa shape index (κ2) is 4.77. The van der Waals surface area contributed by atoms with Gasteiger partial charge in [-0.1, -0.05) is 30.3 Å². The topological polar surface area (TPSA) is 29.3 Å². The zero-order valence-corrected chi connectivity index (χ0v) is 9.39. The number of nitrogens with zero attached hydrogens (tertiary/aromatic N) is 1. The first kappa shape index (κ1) is 10.7. The third-order valence-electron chi connectivity index (χ3n) is 3.48. The van der Waals surface area contributed by atoms with Gasteiger partial charge in [-0.3, -0.25) is 4.90 Å². The summed E-state index contributed by atoms with van der Waals surface area (Å²) in [4.78, 5) is 2.53. The van der Waals surface area contributed by atoms with Gasteiger partial charge in [0.1, 0.15) is 0 Å². The Morgan fingerprint density at radius 3 is 2.73 bits per heavy atom. The molecule has 0 aliphatic carbocycles. The van der Waals surface area contributed by atoms with Gasteiger partial charge in [0.2, 0.25) is 0 Å². The largest absolute Gasteiger partial charge is 0.330 e. The molecule has 0 saturated carbocycles. The second-order valence-corrected chi connectivity index (χ2v) is 4.47. The molecular weight excluding hydrogens is 184 g/mol. The highest BCUT2D eigenvalue weighted by atomic mass is 15.2. The van der Waals surface area contributed by atoms with Crippen molar-refractivity contribution in [3.63, 3.8) is 0 Å². The predicted octanol–water partition coefficient (Wildman–Crippen LogP) is 2.03. The highest BCUT2D eigenvalue weighted by Crippen LogP contribution is 2.26. The van der Waals surface area contributed by atoms with E-state index in [1.54, 1.807) is 0 Å². The van der Waals surface area contributed by atoms with Crippen LogP contribution in [0.5, 0.6) is 0 Å². The molecular formula is C13H20N2. The number of rotatable bonds is 3. The van der Waals surface area contributed by atoms with E-state index in [2.05, 4.69) is 42.2 Å². The van der Waals surface area contributed by atoms with Crippen molar-refractivity contribution in [1.29, 1.82) is 0 Å². The van der Waals surface area contributed by atoms with Crippen LogP contribution in [-0.2, 0) is 0 Å². The van der Waals surface area contributed by atoms with Crippen molar-refractivity contribution in [2.45, 2.75) is 19.4 Å². The Morgan fingerprint density at radius 1 is 1.40 bits per heavy atom. The molecule has 2 rings (SSSR count). The lowest BCUT2D eigenvalue weighted by Gasteiger charge is -2.24. The van der Waals surface area contributed by atoms with Crippen LogP contribution in [0.3, 0.4) is 0 Å². The summed E-state index contributed by atoms with van der Waals surface area (Å²) in [5.41, 5.74) is 7.12. The van der Waals surface area contributed by atoms with Crippen molar-refractivity contribution >= 4 is 0 Å². The van der Waals surface area contributed by atoms with E-state index in [9.17, 15) is 0 Å². The van der Waals surface area contributed by atoms with E-state index in [0.29, 0.717) is 12.0 Å². The van der Waals surface area contributed by atoms with Crippen LogP contribution >= 0.6 is 0 Å². The summed E-state index contributed by atoms with van der Waals surface area (Å²) in [6.07, 6.45) is 1.26. The minimum absolute atomic E-state index is 0.530. The summed E-state index contributed by atoms with van der Waals surface area (Å²) >= 11 is 0. The van der Waals surface area contributed by atoms with Crippen LogP contribution in [0, 0.1) is 5.92 Å². The summed E-state index contributed by atoms with van der Waals surface area (Å²) < 4.78 is 0. The van der Waals surface area contributed by atoms with Crippen molar-refractivity contribution in [2.24, 2.45) is 11.7 Å². The maximum atomic E-state index is 5.71. The zero-order chi connectivity index (χ0) is 10.7. The lowest BCUT2D eigenvalue weighted by atomic mass is 10.1. The van der Waals surface area contributed by atoms with Gasteiger partial charge < -0.3 is 5.73 Å². The number of nitrogens with two attached hydrogens (primary N) is 1. The van der Waals surface area contributed by atoms with Gasteiger partial charge in [0.05, 0.1) is 0 Å². The molecule has 1 aliphatic heterocycles.